The molecule has 112 valence electrons. The second kappa shape index (κ2) is 5.43. The highest BCUT2D eigenvalue weighted by Crippen LogP contribution is 2.51. The summed E-state index contributed by atoms with van der Waals surface area (Å²) in [6, 6.07) is 9.43. The Morgan fingerprint density at radius 1 is 1.33 bits per heavy atom. The Balaban J connectivity index is 1.63. The van der Waals surface area contributed by atoms with Gasteiger partial charge in [-0.3, -0.25) is 0 Å². The van der Waals surface area contributed by atoms with E-state index in [4.69, 9.17) is 26.4 Å². The highest BCUT2D eigenvalue weighted by atomic mass is 32.1. The fourth-order valence-electron chi connectivity index (χ4n) is 2.98. The van der Waals surface area contributed by atoms with E-state index in [2.05, 4.69) is 20.4 Å². The fourth-order valence-corrected chi connectivity index (χ4v) is 3.19. The van der Waals surface area contributed by atoms with E-state index in [9.17, 15) is 0 Å². The van der Waals surface area contributed by atoms with Gasteiger partial charge in [-0.15, -0.1) is 0 Å². The summed E-state index contributed by atoms with van der Waals surface area (Å²) in [5, 5.41) is 0.157. The molecule has 0 aromatic heterocycles. The molecule has 0 radical (unpaired) electrons. The normalized spacial score (nSPS) is 33.7. The van der Waals surface area contributed by atoms with Crippen molar-refractivity contribution >= 4 is 17.5 Å². The van der Waals surface area contributed by atoms with Crippen LogP contribution in [0, 0.1) is 5.92 Å². The molecule has 1 saturated heterocycles. The molecule has 1 heterocycles. The summed E-state index contributed by atoms with van der Waals surface area (Å²) < 4.78 is 17.3. The van der Waals surface area contributed by atoms with Gasteiger partial charge in [0.2, 0.25) is 0 Å². The van der Waals surface area contributed by atoms with Crippen LogP contribution in [0.1, 0.15) is 26.7 Å². The number of fused-ring (bicyclic) bond motifs is 1. The van der Waals surface area contributed by atoms with Crippen molar-refractivity contribution in [3.8, 4) is 5.75 Å². The smallest absolute Gasteiger partial charge is 0.358 e. The topological polar surface area (TPSA) is 31.0 Å². The largest absolute Gasteiger partial charge is 0.450 e. The molecule has 1 unspecified atom stereocenters. The lowest BCUT2D eigenvalue weighted by Crippen LogP contribution is -2.40. The van der Waals surface area contributed by atoms with Crippen molar-refractivity contribution in [2.75, 3.05) is 0 Å². The van der Waals surface area contributed by atoms with Gasteiger partial charge in [-0.05, 0) is 44.7 Å². The zero-order valence-electron chi connectivity index (χ0n) is 12.4. The van der Waals surface area contributed by atoms with Gasteiger partial charge >= 0.3 is 5.24 Å². The number of hydrogen-bond acceptors (Lipinski definition) is 4. The van der Waals surface area contributed by atoms with Crippen LogP contribution in [0.3, 0.4) is 0 Å². The van der Waals surface area contributed by atoms with E-state index < -0.39 is 0 Å². The molecule has 4 atom stereocenters. The lowest BCUT2D eigenvalue weighted by Gasteiger charge is -2.31. The van der Waals surface area contributed by atoms with Gasteiger partial charge in [-0.2, -0.15) is 0 Å². The van der Waals surface area contributed by atoms with E-state index in [1.807, 2.05) is 30.3 Å². The van der Waals surface area contributed by atoms with Gasteiger partial charge in [0.1, 0.15) is 17.5 Å². The Kier molecular flexibility index (Phi) is 3.76. The summed E-state index contributed by atoms with van der Waals surface area (Å²) in [6.45, 7) is 8.21. The van der Waals surface area contributed by atoms with Gasteiger partial charge in [0.25, 0.3) is 0 Å². The number of ether oxygens (including phenoxy) is 3. The first-order valence-corrected chi connectivity index (χ1v) is 7.66. The van der Waals surface area contributed by atoms with E-state index in [0.717, 1.165) is 12.8 Å². The Hall–Kier alpha value is -1.39. The fraction of sp³-hybridized carbons (Fsp3) is 0.471. The monoisotopic (exact) mass is 304 g/mol. The van der Waals surface area contributed by atoms with Crippen molar-refractivity contribution < 1.29 is 14.2 Å². The summed E-state index contributed by atoms with van der Waals surface area (Å²) in [4.78, 5) is 0. The number of rotatable bonds is 3. The quantitative estimate of drug-likeness (QED) is 0.482. The second-order valence-electron chi connectivity index (χ2n) is 6.08. The van der Waals surface area contributed by atoms with Gasteiger partial charge in [-0.1, -0.05) is 30.4 Å². The van der Waals surface area contributed by atoms with Crippen LogP contribution in [-0.2, 0) is 9.47 Å². The second-order valence-corrected chi connectivity index (χ2v) is 6.41. The highest BCUT2D eigenvalue weighted by Gasteiger charge is 2.63. The van der Waals surface area contributed by atoms with Crippen LogP contribution in [0.15, 0.2) is 42.5 Å². The Morgan fingerprint density at radius 2 is 2.05 bits per heavy atom. The molecular formula is C17H20O3S. The zero-order valence-corrected chi connectivity index (χ0v) is 13.2. The molecule has 0 bridgehead atoms. The molecule has 1 aromatic carbocycles. The molecule has 0 N–H and O–H groups in total. The standard InChI is InChI=1S/C17H20O3S/c1-11(2)12-9-14(17(3)15(10-12)20-17)19-16(21)18-13-7-5-4-6-8-13/h4-8,12,14-15H,1,9-10H2,2-3H3/t12-,14?,15+,17-/m0/s1. The van der Waals surface area contributed by atoms with Crippen molar-refractivity contribution in [1.82, 2.24) is 0 Å². The van der Waals surface area contributed by atoms with E-state index in [0.29, 0.717) is 11.7 Å². The van der Waals surface area contributed by atoms with Gasteiger partial charge in [-0.25, -0.2) is 0 Å². The number of allylic oxidation sites excluding steroid dienone is 1. The predicted molar refractivity (Wildman–Crippen MR) is 85.4 cm³/mol. The van der Waals surface area contributed by atoms with Crippen LogP contribution in [0.2, 0.25) is 0 Å². The molecule has 0 spiro atoms. The number of epoxide rings is 1. The van der Waals surface area contributed by atoms with Crippen LogP contribution in [-0.4, -0.2) is 23.0 Å². The third-order valence-corrected chi connectivity index (χ3v) is 4.67. The average Bonchev–Trinajstić information content (AvgIpc) is 3.11. The van der Waals surface area contributed by atoms with Gasteiger partial charge < -0.3 is 14.2 Å². The van der Waals surface area contributed by atoms with Crippen molar-refractivity contribution in [3.63, 3.8) is 0 Å². The average molecular weight is 304 g/mol. The molecular weight excluding hydrogens is 284 g/mol. The predicted octanol–water partition coefficient (Wildman–Crippen LogP) is 3.88. The van der Waals surface area contributed by atoms with Crippen molar-refractivity contribution in [1.29, 1.82) is 0 Å². The lowest BCUT2D eigenvalue weighted by molar-refractivity contribution is 0.0598. The molecule has 2 fully saturated rings. The minimum atomic E-state index is -0.226. The van der Waals surface area contributed by atoms with Crippen molar-refractivity contribution in [2.45, 2.75) is 44.5 Å². The first kappa shape index (κ1) is 14.5. The van der Waals surface area contributed by atoms with E-state index in [1.165, 1.54) is 5.57 Å². The molecule has 3 nitrogen and oxygen atoms in total. The van der Waals surface area contributed by atoms with Crippen molar-refractivity contribution in [3.05, 3.63) is 42.5 Å². The van der Waals surface area contributed by atoms with Crippen LogP contribution in [0.4, 0.5) is 0 Å². The third kappa shape index (κ3) is 2.97. The van der Waals surface area contributed by atoms with Crippen LogP contribution < -0.4 is 4.74 Å². The number of benzene rings is 1. The Bertz CT molecular complexity index is 556. The van der Waals surface area contributed by atoms with Crippen LogP contribution in [0.5, 0.6) is 5.75 Å². The van der Waals surface area contributed by atoms with Crippen molar-refractivity contribution in [2.24, 2.45) is 5.92 Å². The molecule has 1 aliphatic carbocycles. The lowest BCUT2D eigenvalue weighted by atomic mass is 9.78. The third-order valence-electron chi connectivity index (χ3n) is 4.49. The maximum Gasteiger partial charge on any atom is 0.358 e. The Morgan fingerprint density at radius 3 is 2.71 bits per heavy atom. The van der Waals surface area contributed by atoms with Crippen LogP contribution in [0.25, 0.3) is 0 Å². The minimum absolute atomic E-state index is 0.0748. The number of para-hydroxylation sites is 1. The van der Waals surface area contributed by atoms with E-state index in [1.54, 1.807) is 0 Å². The molecule has 1 aliphatic heterocycles. The molecule has 4 heteroatoms. The maximum absolute atomic E-state index is 5.88. The van der Waals surface area contributed by atoms with E-state index >= 15 is 0 Å². The van der Waals surface area contributed by atoms with Gasteiger partial charge in [0.15, 0.2) is 0 Å². The molecule has 3 rings (SSSR count). The summed E-state index contributed by atoms with van der Waals surface area (Å²) in [6.07, 6.45) is 2.07. The van der Waals surface area contributed by atoms with Gasteiger partial charge in [0, 0.05) is 12.2 Å². The number of hydrogen-bond donors (Lipinski definition) is 0. The summed E-state index contributed by atoms with van der Waals surface area (Å²) in [5.74, 6) is 1.11. The van der Waals surface area contributed by atoms with Gasteiger partial charge in [0.05, 0.1) is 6.10 Å². The molecule has 2 aliphatic rings. The maximum atomic E-state index is 5.88. The molecule has 0 amide bonds. The SMILES string of the molecule is C=C(C)[C@H]1CC(OC(=S)Oc2ccccc2)[C@]2(C)O[C@@H]2C1. The summed E-state index contributed by atoms with van der Waals surface area (Å²) in [5.41, 5.74) is 0.951. The first-order valence-electron chi connectivity index (χ1n) is 7.26. The highest BCUT2D eigenvalue weighted by molar-refractivity contribution is 7.79. The minimum Gasteiger partial charge on any atom is -0.450 e. The summed E-state index contributed by atoms with van der Waals surface area (Å²) >= 11 is 5.22. The summed E-state index contributed by atoms with van der Waals surface area (Å²) in [7, 11) is 0. The molecule has 1 saturated carbocycles. The zero-order chi connectivity index (χ0) is 15.0. The number of thiocarbonyl (C=S) groups is 1. The Labute approximate surface area is 130 Å². The molecule has 21 heavy (non-hydrogen) atoms. The molecule has 1 aromatic rings. The van der Waals surface area contributed by atoms with Crippen LogP contribution >= 0.6 is 12.2 Å². The van der Waals surface area contributed by atoms with E-state index in [-0.39, 0.29) is 23.0 Å². The first-order chi connectivity index (χ1) is 9.99.